The van der Waals surface area contributed by atoms with Crippen LogP contribution in [0.4, 0.5) is 0 Å². The van der Waals surface area contributed by atoms with E-state index in [1.165, 1.54) is 19.9 Å². The van der Waals surface area contributed by atoms with E-state index < -0.39 is 0 Å². The van der Waals surface area contributed by atoms with Crippen molar-refractivity contribution in [1.29, 1.82) is 0 Å². The smallest absolute Gasteiger partial charge is 0.330 e. The lowest BCUT2D eigenvalue weighted by atomic mass is 10.1. The molecule has 3 atom stereocenters. The van der Waals surface area contributed by atoms with Crippen LogP contribution in [-0.2, 0) is 25.4 Å². The summed E-state index contributed by atoms with van der Waals surface area (Å²) < 4.78 is 8.57. The molecule has 2 aliphatic heterocycles. The van der Waals surface area contributed by atoms with Gasteiger partial charge in [-0.3, -0.25) is 23.7 Å². The summed E-state index contributed by atoms with van der Waals surface area (Å²) in [5.74, 6) is 0. The van der Waals surface area contributed by atoms with Gasteiger partial charge < -0.3 is 4.74 Å². The monoisotopic (exact) mass is 350 g/mol. The Morgan fingerprint density at radius 3 is 2.48 bits per heavy atom. The Kier molecular flexibility index (Phi) is 5.46. The lowest BCUT2D eigenvalue weighted by Crippen LogP contribution is -2.50. The van der Waals surface area contributed by atoms with Crippen molar-refractivity contribution in [2.45, 2.75) is 51.5 Å². The predicted octanol–water partition coefficient (Wildman–Crippen LogP) is 0.158. The Bertz CT molecular complexity index is 716. The van der Waals surface area contributed by atoms with Gasteiger partial charge in [-0.25, -0.2) is 4.79 Å². The lowest BCUT2D eigenvalue weighted by molar-refractivity contribution is -0.0724. The van der Waals surface area contributed by atoms with Gasteiger partial charge in [0.15, 0.2) is 0 Å². The molecule has 0 unspecified atom stereocenters. The first kappa shape index (κ1) is 18.4. The van der Waals surface area contributed by atoms with Crippen LogP contribution in [0.2, 0.25) is 0 Å². The number of hydrogen-bond donors (Lipinski definition) is 0. The highest BCUT2D eigenvalue weighted by atomic mass is 16.5. The molecule has 0 bridgehead atoms. The van der Waals surface area contributed by atoms with Crippen LogP contribution in [-0.4, -0.2) is 63.4 Å². The SMILES string of the molecule is C[C@@H]1CN(C[C@H]2CCCN2Cc2cc(=O)n(C)c(=O)n2C)C[C@@H](C)O1. The second kappa shape index (κ2) is 7.43. The van der Waals surface area contributed by atoms with Crippen LogP contribution in [0.1, 0.15) is 32.4 Å². The van der Waals surface area contributed by atoms with Gasteiger partial charge in [0, 0.05) is 58.1 Å². The summed E-state index contributed by atoms with van der Waals surface area (Å²) in [5.41, 5.74) is 0.308. The molecule has 0 spiro atoms. The topological polar surface area (TPSA) is 59.7 Å². The van der Waals surface area contributed by atoms with Crippen LogP contribution in [0, 0.1) is 0 Å². The van der Waals surface area contributed by atoms with E-state index in [-0.39, 0.29) is 23.5 Å². The van der Waals surface area contributed by atoms with Crippen LogP contribution in [0.3, 0.4) is 0 Å². The van der Waals surface area contributed by atoms with Crippen molar-refractivity contribution in [3.63, 3.8) is 0 Å². The summed E-state index contributed by atoms with van der Waals surface area (Å²) in [6, 6.07) is 2.06. The third-order valence-electron chi connectivity index (χ3n) is 5.45. The van der Waals surface area contributed by atoms with E-state index >= 15 is 0 Å². The number of likely N-dealkylation sites (tertiary alicyclic amines) is 1. The van der Waals surface area contributed by atoms with Gasteiger partial charge in [-0.15, -0.1) is 0 Å². The van der Waals surface area contributed by atoms with Gasteiger partial charge in [0.1, 0.15) is 0 Å². The largest absolute Gasteiger partial charge is 0.373 e. The molecule has 0 aromatic carbocycles. The predicted molar refractivity (Wildman–Crippen MR) is 96.8 cm³/mol. The van der Waals surface area contributed by atoms with E-state index in [2.05, 4.69) is 23.6 Å². The summed E-state index contributed by atoms with van der Waals surface area (Å²) in [7, 11) is 3.27. The van der Waals surface area contributed by atoms with Gasteiger partial charge in [-0.2, -0.15) is 0 Å². The van der Waals surface area contributed by atoms with E-state index in [4.69, 9.17) is 4.74 Å². The molecule has 7 heteroatoms. The molecule has 0 aliphatic carbocycles. The molecule has 0 amide bonds. The van der Waals surface area contributed by atoms with Gasteiger partial charge in [0.05, 0.1) is 12.2 Å². The third kappa shape index (κ3) is 4.04. The Labute approximate surface area is 148 Å². The van der Waals surface area contributed by atoms with E-state index in [1.807, 2.05) is 0 Å². The minimum atomic E-state index is -0.255. The van der Waals surface area contributed by atoms with Crippen molar-refractivity contribution in [3.05, 3.63) is 32.6 Å². The van der Waals surface area contributed by atoms with E-state index in [1.54, 1.807) is 17.7 Å². The minimum absolute atomic E-state index is 0.232. The maximum atomic E-state index is 12.1. The van der Waals surface area contributed by atoms with Gasteiger partial charge >= 0.3 is 5.69 Å². The quantitative estimate of drug-likeness (QED) is 0.774. The molecule has 0 N–H and O–H groups in total. The van der Waals surface area contributed by atoms with Crippen LogP contribution < -0.4 is 11.2 Å². The first-order valence-corrected chi connectivity index (χ1v) is 9.23. The second-order valence-electron chi connectivity index (χ2n) is 7.62. The summed E-state index contributed by atoms with van der Waals surface area (Å²) >= 11 is 0. The normalized spacial score (nSPS) is 28.6. The first-order chi connectivity index (χ1) is 11.8. The first-order valence-electron chi connectivity index (χ1n) is 9.23. The van der Waals surface area contributed by atoms with Gasteiger partial charge in [0.25, 0.3) is 5.56 Å². The molecule has 1 aromatic rings. The molecule has 7 nitrogen and oxygen atoms in total. The van der Waals surface area contributed by atoms with Crippen LogP contribution in [0.25, 0.3) is 0 Å². The van der Waals surface area contributed by atoms with Crippen molar-refractivity contribution in [1.82, 2.24) is 18.9 Å². The number of morpholine rings is 1. The van der Waals surface area contributed by atoms with Crippen molar-refractivity contribution in [2.75, 3.05) is 26.2 Å². The van der Waals surface area contributed by atoms with Crippen molar-refractivity contribution >= 4 is 0 Å². The van der Waals surface area contributed by atoms with Crippen molar-refractivity contribution < 1.29 is 4.74 Å². The van der Waals surface area contributed by atoms with Gasteiger partial charge in [0.2, 0.25) is 0 Å². The average Bonchev–Trinajstić information content (AvgIpc) is 2.96. The maximum absolute atomic E-state index is 12.1. The van der Waals surface area contributed by atoms with Crippen LogP contribution in [0.15, 0.2) is 15.7 Å². The fourth-order valence-corrected chi connectivity index (χ4v) is 4.18. The Balaban J connectivity index is 1.70. The molecule has 3 heterocycles. The molecule has 3 rings (SSSR count). The molecule has 25 heavy (non-hydrogen) atoms. The Morgan fingerprint density at radius 2 is 1.80 bits per heavy atom. The Morgan fingerprint density at radius 1 is 1.12 bits per heavy atom. The van der Waals surface area contributed by atoms with Crippen molar-refractivity contribution in [2.24, 2.45) is 14.1 Å². The zero-order valence-corrected chi connectivity index (χ0v) is 15.8. The zero-order valence-electron chi connectivity index (χ0n) is 15.8. The van der Waals surface area contributed by atoms with Crippen LogP contribution >= 0.6 is 0 Å². The zero-order chi connectivity index (χ0) is 18.1. The maximum Gasteiger partial charge on any atom is 0.330 e. The summed E-state index contributed by atoms with van der Waals surface area (Å²) in [6.45, 7) is 8.90. The standard InChI is InChI=1S/C18H30N4O3/c1-13-9-21(10-14(2)25-13)11-15-6-5-7-22(15)12-16-8-17(23)20(4)18(24)19(16)3/h8,13-15H,5-7,9-12H2,1-4H3/t13-,14-,15-/m1/s1. The van der Waals surface area contributed by atoms with Crippen LogP contribution in [0.5, 0.6) is 0 Å². The van der Waals surface area contributed by atoms with E-state index in [0.29, 0.717) is 12.6 Å². The van der Waals surface area contributed by atoms with E-state index in [0.717, 1.165) is 36.4 Å². The fourth-order valence-electron chi connectivity index (χ4n) is 4.18. The van der Waals surface area contributed by atoms with E-state index in [9.17, 15) is 9.59 Å². The highest BCUT2D eigenvalue weighted by Gasteiger charge is 2.30. The number of ether oxygens (including phenoxy) is 1. The molecule has 0 radical (unpaired) electrons. The molecular weight excluding hydrogens is 320 g/mol. The molecule has 1 aromatic heterocycles. The van der Waals surface area contributed by atoms with Gasteiger partial charge in [-0.05, 0) is 33.2 Å². The fraction of sp³-hybridized carbons (Fsp3) is 0.778. The third-order valence-corrected chi connectivity index (χ3v) is 5.45. The molecule has 2 aliphatic rings. The number of rotatable bonds is 4. The highest BCUT2D eigenvalue weighted by Crippen LogP contribution is 2.22. The van der Waals surface area contributed by atoms with Crippen molar-refractivity contribution in [3.8, 4) is 0 Å². The minimum Gasteiger partial charge on any atom is -0.373 e. The van der Waals surface area contributed by atoms with Gasteiger partial charge in [-0.1, -0.05) is 0 Å². The number of nitrogens with zero attached hydrogens (tertiary/aromatic N) is 4. The summed E-state index contributed by atoms with van der Waals surface area (Å²) in [6.07, 6.45) is 2.88. The Hall–Kier alpha value is -1.44. The lowest BCUT2D eigenvalue weighted by Gasteiger charge is -2.38. The summed E-state index contributed by atoms with van der Waals surface area (Å²) in [5, 5.41) is 0. The highest BCUT2D eigenvalue weighted by molar-refractivity contribution is 5.03. The molecule has 2 saturated heterocycles. The molecule has 140 valence electrons. The number of hydrogen-bond acceptors (Lipinski definition) is 5. The number of aromatic nitrogens is 2. The molecular formula is C18H30N4O3. The molecule has 2 fully saturated rings. The molecule has 0 saturated carbocycles. The summed E-state index contributed by atoms with van der Waals surface area (Å²) in [4.78, 5) is 29.0. The second-order valence-corrected chi connectivity index (χ2v) is 7.62. The average molecular weight is 350 g/mol.